The van der Waals surface area contributed by atoms with E-state index in [0.29, 0.717) is 44.1 Å². The number of Topliss-reactive ketones (excluding diaryl/α,β-unsaturated/α-hetero) is 1. The van der Waals surface area contributed by atoms with Gasteiger partial charge in [-0.2, -0.15) is 5.26 Å². The molecule has 0 aromatic heterocycles. The molecule has 3 aromatic carbocycles. The first kappa shape index (κ1) is 24.8. The number of ether oxygens (including phenoxy) is 3. The van der Waals surface area contributed by atoms with Crippen LogP contribution in [0.25, 0.3) is 5.76 Å². The zero-order chi connectivity index (χ0) is 26.0. The van der Waals surface area contributed by atoms with E-state index in [1.807, 2.05) is 6.07 Å². The smallest absolute Gasteiger partial charge is 0.300 e. The van der Waals surface area contributed by atoms with Crippen molar-refractivity contribution in [2.45, 2.75) is 6.04 Å². The van der Waals surface area contributed by atoms with E-state index in [1.54, 1.807) is 60.7 Å². The fourth-order valence-corrected chi connectivity index (χ4v) is 4.64. The number of anilines is 1. The van der Waals surface area contributed by atoms with Crippen LogP contribution in [0.15, 0.2) is 70.7 Å². The first-order chi connectivity index (χ1) is 17.3. The van der Waals surface area contributed by atoms with E-state index in [1.165, 1.54) is 26.2 Å². The minimum absolute atomic E-state index is 0.0892. The molecule has 182 valence electrons. The number of carbonyl (C=O) groups excluding carboxylic acids is 2. The van der Waals surface area contributed by atoms with Crippen LogP contribution in [0.3, 0.4) is 0 Å². The summed E-state index contributed by atoms with van der Waals surface area (Å²) < 4.78 is 16.6. The second kappa shape index (κ2) is 10.1. The summed E-state index contributed by atoms with van der Waals surface area (Å²) in [6.45, 7) is 0. The third kappa shape index (κ3) is 4.27. The maximum atomic E-state index is 13.3. The largest absolute Gasteiger partial charge is 0.507 e. The molecule has 3 aromatic rings. The lowest BCUT2D eigenvalue weighted by Gasteiger charge is -2.26. The summed E-state index contributed by atoms with van der Waals surface area (Å²) in [4.78, 5) is 28.0. The monoisotopic (exact) mass is 548 g/mol. The number of rotatable bonds is 6. The second-order valence-electron chi connectivity index (χ2n) is 7.79. The van der Waals surface area contributed by atoms with Crippen LogP contribution in [0.2, 0.25) is 0 Å². The zero-order valence-electron chi connectivity index (χ0n) is 19.6. The Kier molecular flexibility index (Phi) is 6.99. The van der Waals surface area contributed by atoms with E-state index in [0.717, 1.165) is 0 Å². The van der Waals surface area contributed by atoms with Gasteiger partial charge in [0.05, 0.1) is 49.0 Å². The summed E-state index contributed by atoms with van der Waals surface area (Å²) in [5.41, 5.74) is 1.55. The van der Waals surface area contributed by atoms with Gasteiger partial charge in [-0.05, 0) is 76.1 Å². The van der Waals surface area contributed by atoms with Gasteiger partial charge in [0, 0.05) is 11.3 Å². The normalized spacial score (nSPS) is 16.5. The average molecular weight is 549 g/mol. The van der Waals surface area contributed by atoms with Gasteiger partial charge in [0.2, 0.25) is 0 Å². The molecule has 1 fully saturated rings. The van der Waals surface area contributed by atoms with Gasteiger partial charge >= 0.3 is 0 Å². The number of methoxy groups -OCH3 is 3. The van der Waals surface area contributed by atoms with Crippen molar-refractivity contribution in [3.8, 4) is 23.3 Å². The molecule has 1 unspecified atom stereocenters. The van der Waals surface area contributed by atoms with Crippen molar-refractivity contribution >= 4 is 39.1 Å². The highest BCUT2D eigenvalue weighted by Gasteiger charge is 2.47. The molecule has 0 saturated carbocycles. The fourth-order valence-electron chi connectivity index (χ4n) is 4.10. The Balaban J connectivity index is 1.96. The Morgan fingerprint density at radius 1 is 0.917 bits per heavy atom. The maximum Gasteiger partial charge on any atom is 0.300 e. The Labute approximate surface area is 216 Å². The Morgan fingerprint density at radius 2 is 1.56 bits per heavy atom. The highest BCUT2D eigenvalue weighted by Crippen LogP contribution is 2.44. The second-order valence-corrected chi connectivity index (χ2v) is 8.65. The van der Waals surface area contributed by atoms with Crippen molar-refractivity contribution < 1.29 is 28.9 Å². The molecule has 1 saturated heterocycles. The maximum absolute atomic E-state index is 13.3. The molecule has 0 bridgehead atoms. The molecular formula is C27H21BrN2O6. The quantitative estimate of drug-likeness (QED) is 0.263. The van der Waals surface area contributed by atoms with Gasteiger partial charge in [-0.25, -0.2) is 0 Å². The third-order valence-electron chi connectivity index (χ3n) is 5.87. The Hall–Kier alpha value is -4.29. The van der Waals surface area contributed by atoms with Crippen molar-refractivity contribution in [3.05, 3.63) is 87.4 Å². The van der Waals surface area contributed by atoms with Crippen molar-refractivity contribution in [2.24, 2.45) is 0 Å². The minimum Gasteiger partial charge on any atom is -0.507 e. The molecule has 0 spiro atoms. The Bertz CT molecular complexity index is 1430. The molecule has 1 atom stereocenters. The zero-order valence-corrected chi connectivity index (χ0v) is 21.2. The van der Waals surface area contributed by atoms with Crippen molar-refractivity contribution in [1.82, 2.24) is 0 Å². The molecule has 9 heteroatoms. The van der Waals surface area contributed by atoms with E-state index in [-0.39, 0.29) is 11.3 Å². The van der Waals surface area contributed by atoms with Gasteiger partial charge in [0.15, 0.2) is 11.5 Å². The lowest BCUT2D eigenvalue weighted by atomic mass is 9.94. The Morgan fingerprint density at radius 3 is 2.14 bits per heavy atom. The molecule has 1 aliphatic rings. The van der Waals surface area contributed by atoms with Gasteiger partial charge in [-0.15, -0.1) is 0 Å². The molecule has 8 nitrogen and oxygen atoms in total. The molecule has 1 aliphatic heterocycles. The molecule has 0 radical (unpaired) electrons. The molecule has 1 heterocycles. The molecule has 0 aliphatic carbocycles. The van der Waals surface area contributed by atoms with Crippen molar-refractivity contribution in [3.63, 3.8) is 0 Å². The van der Waals surface area contributed by atoms with E-state index >= 15 is 0 Å². The number of aliphatic hydroxyl groups is 1. The molecular weight excluding hydrogens is 528 g/mol. The molecule has 36 heavy (non-hydrogen) atoms. The van der Waals surface area contributed by atoms with Crippen LogP contribution in [0, 0.1) is 11.3 Å². The lowest BCUT2D eigenvalue weighted by Crippen LogP contribution is -2.29. The number of halogens is 1. The predicted molar refractivity (Wildman–Crippen MR) is 136 cm³/mol. The number of aliphatic hydroxyl groups excluding tert-OH is 1. The summed E-state index contributed by atoms with van der Waals surface area (Å²) >= 11 is 3.39. The van der Waals surface area contributed by atoms with Gasteiger partial charge in [-0.1, -0.05) is 6.07 Å². The first-order valence-corrected chi connectivity index (χ1v) is 11.5. The van der Waals surface area contributed by atoms with Crippen LogP contribution >= 0.6 is 15.9 Å². The summed E-state index contributed by atoms with van der Waals surface area (Å²) in [5, 5.41) is 20.5. The van der Waals surface area contributed by atoms with Gasteiger partial charge in [-0.3, -0.25) is 14.5 Å². The summed E-state index contributed by atoms with van der Waals surface area (Å²) in [5.74, 6) is -0.589. The topological polar surface area (TPSA) is 109 Å². The van der Waals surface area contributed by atoms with Gasteiger partial charge in [0.1, 0.15) is 11.5 Å². The van der Waals surface area contributed by atoms with Gasteiger partial charge in [0.25, 0.3) is 11.7 Å². The van der Waals surface area contributed by atoms with Crippen molar-refractivity contribution in [2.75, 3.05) is 26.2 Å². The minimum atomic E-state index is -0.974. The number of benzene rings is 3. The number of hydrogen-bond acceptors (Lipinski definition) is 7. The number of carbonyl (C=O) groups is 2. The number of hydrogen-bond donors (Lipinski definition) is 1. The first-order valence-electron chi connectivity index (χ1n) is 10.7. The van der Waals surface area contributed by atoms with Crippen LogP contribution in [0.5, 0.6) is 17.2 Å². The molecule has 1 amide bonds. The van der Waals surface area contributed by atoms with Crippen LogP contribution in [-0.4, -0.2) is 38.1 Å². The highest BCUT2D eigenvalue weighted by molar-refractivity contribution is 9.10. The molecule has 1 N–H and O–H groups in total. The number of nitriles is 1. The molecule has 4 rings (SSSR count). The summed E-state index contributed by atoms with van der Waals surface area (Å²) in [7, 11) is 4.50. The van der Waals surface area contributed by atoms with Gasteiger partial charge < -0.3 is 19.3 Å². The van der Waals surface area contributed by atoms with E-state index in [9.17, 15) is 14.7 Å². The number of amides is 1. The highest BCUT2D eigenvalue weighted by atomic mass is 79.9. The van der Waals surface area contributed by atoms with Crippen LogP contribution in [0.1, 0.15) is 22.7 Å². The number of nitrogens with zero attached hydrogens (tertiary/aromatic N) is 2. The third-order valence-corrected chi connectivity index (χ3v) is 6.49. The number of ketones is 1. The summed E-state index contributed by atoms with van der Waals surface area (Å²) in [6, 6.07) is 17.2. The SMILES string of the molecule is COc1ccc(/C(O)=C2/C(=O)C(=O)N(c3ccc(C#N)cc3)C2c2ccc(OC)c(OC)c2)cc1Br. The lowest BCUT2D eigenvalue weighted by molar-refractivity contribution is -0.132. The van der Waals surface area contributed by atoms with Crippen LogP contribution in [-0.2, 0) is 9.59 Å². The standard InChI is InChI=1S/C27H21BrN2O6/c1-34-20-10-7-17(12-19(20)28)25(31)23-24(16-6-11-21(35-2)22(13-16)36-3)30(27(33)26(23)32)18-8-4-15(14-29)5-9-18/h4-13,24,31H,1-3H3/b25-23-. The van der Waals surface area contributed by atoms with E-state index in [2.05, 4.69) is 15.9 Å². The fraction of sp³-hybridized carbons (Fsp3) is 0.148. The van der Waals surface area contributed by atoms with Crippen molar-refractivity contribution in [1.29, 1.82) is 5.26 Å². The van der Waals surface area contributed by atoms with E-state index < -0.39 is 17.7 Å². The average Bonchev–Trinajstić information content (AvgIpc) is 3.17. The van der Waals surface area contributed by atoms with Crippen LogP contribution < -0.4 is 19.1 Å². The van der Waals surface area contributed by atoms with E-state index in [4.69, 9.17) is 19.5 Å². The summed E-state index contributed by atoms with van der Waals surface area (Å²) in [6.07, 6.45) is 0. The van der Waals surface area contributed by atoms with Crippen LogP contribution in [0.4, 0.5) is 5.69 Å². The predicted octanol–water partition coefficient (Wildman–Crippen LogP) is 4.97.